The van der Waals surface area contributed by atoms with Gasteiger partial charge in [-0.05, 0) is 32.4 Å². The van der Waals surface area contributed by atoms with E-state index in [0.29, 0.717) is 0 Å². The topological polar surface area (TPSA) is 52.6 Å². The van der Waals surface area contributed by atoms with Crippen molar-refractivity contribution in [3.05, 3.63) is 35.1 Å². The first kappa shape index (κ1) is 15.1. The van der Waals surface area contributed by atoms with Crippen molar-refractivity contribution in [2.45, 2.75) is 26.7 Å². The summed E-state index contributed by atoms with van der Waals surface area (Å²) in [7, 11) is 0. The SMILES string of the molecule is CCOC(=O)CCc1c(F)cccc1C(=O)OCC. The maximum absolute atomic E-state index is 13.7. The molecule has 0 spiro atoms. The van der Waals surface area contributed by atoms with Gasteiger partial charge in [-0.25, -0.2) is 9.18 Å². The average Bonchev–Trinajstić information content (AvgIpc) is 2.37. The number of carbonyl (C=O) groups is 2. The molecular weight excluding hydrogens is 251 g/mol. The fraction of sp³-hybridized carbons (Fsp3) is 0.429. The molecule has 0 heterocycles. The summed E-state index contributed by atoms with van der Waals surface area (Å²) in [6.07, 6.45) is 0.140. The van der Waals surface area contributed by atoms with Gasteiger partial charge >= 0.3 is 11.9 Å². The third kappa shape index (κ3) is 4.35. The van der Waals surface area contributed by atoms with Crippen molar-refractivity contribution >= 4 is 11.9 Å². The summed E-state index contributed by atoms with van der Waals surface area (Å²) in [5, 5.41) is 0. The second kappa shape index (κ2) is 7.51. The van der Waals surface area contributed by atoms with E-state index in [4.69, 9.17) is 9.47 Å². The summed E-state index contributed by atoms with van der Waals surface area (Å²) in [6.45, 7) is 3.87. The molecule has 104 valence electrons. The van der Waals surface area contributed by atoms with Gasteiger partial charge in [0.1, 0.15) is 5.82 Å². The van der Waals surface area contributed by atoms with Crippen LogP contribution in [-0.4, -0.2) is 25.2 Å². The van der Waals surface area contributed by atoms with Crippen molar-refractivity contribution in [1.29, 1.82) is 0 Å². The third-order valence-corrected chi connectivity index (χ3v) is 2.50. The van der Waals surface area contributed by atoms with Crippen LogP contribution < -0.4 is 0 Å². The second-order valence-corrected chi connectivity index (χ2v) is 3.79. The molecule has 0 radical (unpaired) electrons. The molecule has 0 aromatic heterocycles. The predicted octanol–water partition coefficient (Wildman–Crippen LogP) is 2.50. The standard InChI is InChI=1S/C14H17FO4/c1-3-18-13(16)9-8-10-11(14(17)19-4-2)6-5-7-12(10)15/h5-7H,3-4,8-9H2,1-2H3. The molecule has 1 aromatic rings. The lowest BCUT2D eigenvalue weighted by atomic mass is 10.0. The maximum Gasteiger partial charge on any atom is 0.338 e. The van der Waals surface area contributed by atoms with Crippen LogP contribution in [0.1, 0.15) is 36.2 Å². The highest BCUT2D eigenvalue weighted by Gasteiger charge is 2.17. The third-order valence-electron chi connectivity index (χ3n) is 2.50. The highest BCUT2D eigenvalue weighted by atomic mass is 19.1. The van der Waals surface area contributed by atoms with Crippen LogP contribution in [0.4, 0.5) is 4.39 Å². The van der Waals surface area contributed by atoms with Crippen molar-refractivity contribution in [3.63, 3.8) is 0 Å². The van der Waals surface area contributed by atoms with Crippen molar-refractivity contribution in [3.8, 4) is 0 Å². The van der Waals surface area contributed by atoms with E-state index >= 15 is 0 Å². The van der Waals surface area contributed by atoms with Crippen LogP contribution in [0.15, 0.2) is 18.2 Å². The number of ether oxygens (including phenoxy) is 2. The first-order valence-electron chi connectivity index (χ1n) is 6.20. The van der Waals surface area contributed by atoms with Gasteiger partial charge in [0.25, 0.3) is 0 Å². The summed E-state index contributed by atoms with van der Waals surface area (Å²) in [5.74, 6) is -1.52. The smallest absolute Gasteiger partial charge is 0.338 e. The fourth-order valence-electron chi connectivity index (χ4n) is 1.67. The number of carbonyl (C=O) groups excluding carboxylic acids is 2. The summed E-state index contributed by atoms with van der Waals surface area (Å²) in [5.41, 5.74) is 0.347. The van der Waals surface area contributed by atoms with E-state index in [-0.39, 0.29) is 37.2 Å². The number of hydrogen-bond acceptors (Lipinski definition) is 4. The van der Waals surface area contributed by atoms with Gasteiger partial charge in [-0.1, -0.05) is 6.07 Å². The zero-order valence-corrected chi connectivity index (χ0v) is 11.1. The minimum Gasteiger partial charge on any atom is -0.466 e. The molecule has 5 heteroatoms. The summed E-state index contributed by atoms with van der Waals surface area (Å²) < 4.78 is 23.4. The van der Waals surface area contributed by atoms with Crippen molar-refractivity contribution < 1.29 is 23.5 Å². The van der Waals surface area contributed by atoms with Gasteiger partial charge in [-0.3, -0.25) is 4.79 Å². The molecule has 0 N–H and O–H groups in total. The molecule has 0 saturated carbocycles. The van der Waals surface area contributed by atoms with Gasteiger partial charge in [-0.15, -0.1) is 0 Å². The predicted molar refractivity (Wildman–Crippen MR) is 67.3 cm³/mol. The van der Waals surface area contributed by atoms with Crippen LogP contribution in [-0.2, 0) is 20.7 Å². The highest BCUT2D eigenvalue weighted by molar-refractivity contribution is 5.91. The molecule has 0 amide bonds. The molecule has 0 bridgehead atoms. The van der Waals surface area contributed by atoms with Crippen LogP contribution in [0, 0.1) is 5.82 Å². The van der Waals surface area contributed by atoms with Crippen molar-refractivity contribution in [1.82, 2.24) is 0 Å². The molecule has 0 aliphatic rings. The zero-order chi connectivity index (χ0) is 14.3. The normalized spacial score (nSPS) is 10.1. The van der Waals surface area contributed by atoms with Crippen molar-refractivity contribution in [2.75, 3.05) is 13.2 Å². The number of rotatable bonds is 6. The second-order valence-electron chi connectivity index (χ2n) is 3.79. The monoisotopic (exact) mass is 268 g/mol. The fourth-order valence-corrected chi connectivity index (χ4v) is 1.67. The molecule has 1 rings (SSSR count). The van der Waals surface area contributed by atoms with Crippen LogP contribution in [0.5, 0.6) is 0 Å². The summed E-state index contributed by atoms with van der Waals surface area (Å²) in [6, 6.07) is 4.18. The molecule has 0 fully saturated rings. The molecule has 0 aliphatic carbocycles. The van der Waals surface area contributed by atoms with Gasteiger partial charge in [0.15, 0.2) is 0 Å². The Morgan fingerprint density at radius 3 is 2.47 bits per heavy atom. The Labute approximate surface area is 111 Å². The zero-order valence-electron chi connectivity index (χ0n) is 11.1. The van der Waals surface area contributed by atoms with Gasteiger partial charge in [0.05, 0.1) is 18.8 Å². The Bertz CT molecular complexity index is 457. The van der Waals surface area contributed by atoms with Crippen LogP contribution >= 0.6 is 0 Å². The van der Waals surface area contributed by atoms with Gasteiger partial charge in [-0.2, -0.15) is 0 Å². The van der Waals surface area contributed by atoms with Gasteiger partial charge < -0.3 is 9.47 Å². The number of esters is 2. The first-order valence-corrected chi connectivity index (χ1v) is 6.20. The van der Waals surface area contributed by atoms with E-state index in [1.54, 1.807) is 13.8 Å². The summed E-state index contributed by atoms with van der Waals surface area (Å²) >= 11 is 0. The van der Waals surface area contributed by atoms with E-state index in [1.165, 1.54) is 18.2 Å². The first-order chi connectivity index (χ1) is 9.10. The highest BCUT2D eigenvalue weighted by Crippen LogP contribution is 2.17. The number of benzene rings is 1. The maximum atomic E-state index is 13.7. The van der Waals surface area contributed by atoms with Gasteiger partial charge in [0.2, 0.25) is 0 Å². The Morgan fingerprint density at radius 1 is 1.16 bits per heavy atom. The summed E-state index contributed by atoms with van der Waals surface area (Å²) in [4.78, 5) is 23.0. The molecule has 0 atom stereocenters. The molecule has 19 heavy (non-hydrogen) atoms. The number of hydrogen-bond donors (Lipinski definition) is 0. The number of halogens is 1. The largest absolute Gasteiger partial charge is 0.466 e. The van der Waals surface area contributed by atoms with Crippen molar-refractivity contribution in [2.24, 2.45) is 0 Å². The minimum atomic E-state index is -0.583. The van der Waals surface area contributed by atoms with E-state index in [1.807, 2.05) is 0 Å². The molecular formula is C14H17FO4. The Morgan fingerprint density at radius 2 is 1.84 bits per heavy atom. The quantitative estimate of drug-likeness (QED) is 0.744. The van der Waals surface area contributed by atoms with E-state index in [0.717, 1.165) is 0 Å². The lowest BCUT2D eigenvalue weighted by Crippen LogP contribution is -2.12. The molecule has 0 unspecified atom stereocenters. The van der Waals surface area contributed by atoms with E-state index < -0.39 is 17.8 Å². The van der Waals surface area contributed by atoms with Crippen LogP contribution in [0.2, 0.25) is 0 Å². The lowest BCUT2D eigenvalue weighted by Gasteiger charge is -2.09. The molecule has 4 nitrogen and oxygen atoms in total. The molecule has 0 saturated heterocycles. The van der Waals surface area contributed by atoms with E-state index in [9.17, 15) is 14.0 Å². The van der Waals surface area contributed by atoms with Crippen LogP contribution in [0.25, 0.3) is 0 Å². The Hall–Kier alpha value is -1.91. The Balaban J connectivity index is 2.86. The van der Waals surface area contributed by atoms with Gasteiger partial charge in [0, 0.05) is 12.0 Å². The minimum absolute atomic E-state index is 0.0289. The van der Waals surface area contributed by atoms with E-state index in [2.05, 4.69) is 0 Å². The van der Waals surface area contributed by atoms with Crippen LogP contribution in [0.3, 0.4) is 0 Å². The average molecular weight is 268 g/mol. The Kier molecular flexibility index (Phi) is 5.99. The molecule has 0 aliphatic heterocycles. The lowest BCUT2D eigenvalue weighted by molar-refractivity contribution is -0.143. The molecule has 1 aromatic carbocycles.